The number of hydrogen-bond donors (Lipinski definition) is 1. The van der Waals surface area contributed by atoms with E-state index in [0.29, 0.717) is 31.3 Å². The predicted octanol–water partition coefficient (Wildman–Crippen LogP) is 2.06. The Bertz CT molecular complexity index is 940. The van der Waals surface area contributed by atoms with E-state index in [0.717, 1.165) is 29.7 Å². The Balaban J connectivity index is 1.35. The highest BCUT2D eigenvalue weighted by molar-refractivity contribution is 5.94. The third kappa shape index (κ3) is 2.75. The number of ether oxygens (including phenoxy) is 1. The highest BCUT2D eigenvalue weighted by atomic mass is 16.5. The van der Waals surface area contributed by atoms with E-state index in [2.05, 4.69) is 28.5 Å². The van der Waals surface area contributed by atoms with Crippen LogP contribution < -0.4 is 10.1 Å². The van der Waals surface area contributed by atoms with Crippen molar-refractivity contribution >= 4 is 16.8 Å². The van der Waals surface area contributed by atoms with Crippen LogP contribution in [0.3, 0.4) is 0 Å². The molecule has 1 aliphatic rings. The van der Waals surface area contributed by atoms with Crippen LogP contribution in [-0.4, -0.2) is 38.6 Å². The molecule has 1 aliphatic heterocycles. The molecule has 1 N–H and O–H groups in total. The van der Waals surface area contributed by atoms with Crippen molar-refractivity contribution in [3.8, 4) is 5.88 Å². The molecule has 0 saturated carbocycles. The van der Waals surface area contributed by atoms with Crippen molar-refractivity contribution in [2.45, 2.75) is 33.4 Å². The monoisotopic (exact) mass is 339 g/mol. The number of nitrogens with zero attached hydrogens (tertiary/aromatic N) is 4. The number of benzene rings is 1. The third-order valence-electron chi connectivity index (χ3n) is 4.63. The lowest BCUT2D eigenvalue weighted by Gasteiger charge is -2.06. The van der Waals surface area contributed by atoms with E-state index in [1.165, 1.54) is 5.39 Å². The largest absolute Gasteiger partial charge is 0.476 e. The minimum atomic E-state index is -0.148. The van der Waals surface area contributed by atoms with E-state index < -0.39 is 0 Å². The molecule has 0 radical (unpaired) electrons. The van der Waals surface area contributed by atoms with Crippen molar-refractivity contribution in [1.82, 2.24) is 24.9 Å². The molecule has 7 heteroatoms. The first kappa shape index (κ1) is 15.7. The topological polar surface area (TPSA) is 74.0 Å². The van der Waals surface area contributed by atoms with Gasteiger partial charge in [-0.05, 0) is 26.3 Å². The molecular formula is C18H21N5O2. The number of carbonyl (C=O) groups excluding carboxylic acids is 1. The van der Waals surface area contributed by atoms with Crippen molar-refractivity contribution in [2.24, 2.45) is 0 Å². The van der Waals surface area contributed by atoms with Crippen molar-refractivity contribution in [3.63, 3.8) is 0 Å². The first-order valence-electron chi connectivity index (χ1n) is 8.55. The molecule has 130 valence electrons. The average Bonchev–Trinajstić information content (AvgIpc) is 3.28. The summed E-state index contributed by atoms with van der Waals surface area (Å²) in [4.78, 5) is 12.3. The fraction of sp³-hybridized carbons (Fsp3) is 0.389. The van der Waals surface area contributed by atoms with Crippen LogP contribution in [0.15, 0.2) is 24.3 Å². The van der Waals surface area contributed by atoms with Gasteiger partial charge in [-0.25, -0.2) is 4.68 Å². The maximum Gasteiger partial charge on any atom is 0.272 e. The molecule has 3 aromatic rings. The Morgan fingerprint density at radius 3 is 2.92 bits per heavy atom. The zero-order valence-electron chi connectivity index (χ0n) is 14.5. The minimum absolute atomic E-state index is 0.148. The summed E-state index contributed by atoms with van der Waals surface area (Å²) in [6, 6.07) is 8.12. The van der Waals surface area contributed by atoms with E-state index in [-0.39, 0.29) is 5.91 Å². The van der Waals surface area contributed by atoms with Gasteiger partial charge in [0, 0.05) is 29.7 Å². The van der Waals surface area contributed by atoms with Crippen LogP contribution in [0.5, 0.6) is 5.88 Å². The van der Waals surface area contributed by atoms with Gasteiger partial charge in [-0.3, -0.25) is 9.48 Å². The van der Waals surface area contributed by atoms with Crippen LogP contribution in [-0.2, 0) is 13.1 Å². The van der Waals surface area contributed by atoms with Crippen molar-refractivity contribution in [2.75, 3.05) is 13.2 Å². The Kier molecular flexibility index (Phi) is 3.91. The molecule has 0 atom stereocenters. The Labute approximate surface area is 145 Å². The quantitative estimate of drug-likeness (QED) is 0.722. The Morgan fingerprint density at radius 1 is 1.28 bits per heavy atom. The van der Waals surface area contributed by atoms with Gasteiger partial charge in [-0.15, -0.1) is 0 Å². The summed E-state index contributed by atoms with van der Waals surface area (Å²) in [7, 11) is 0. The SMILES string of the molecule is Cc1c(C(=O)NCCCn2nc3ccccc3c2C)nn2c1OCC2. The van der Waals surface area contributed by atoms with Gasteiger partial charge in [0.1, 0.15) is 6.61 Å². The lowest BCUT2D eigenvalue weighted by Crippen LogP contribution is -2.26. The number of amides is 1. The molecule has 0 aliphatic carbocycles. The van der Waals surface area contributed by atoms with Gasteiger partial charge in [0.05, 0.1) is 12.1 Å². The Morgan fingerprint density at radius 2 is 2.12 bits per heavy atom. The van der Waals surface area contributed by atoms with E-state index in [1.807, 2.05) is 29.8 Å². The smallest absolute Gasteiger partial charge is 0.272 e. The molecular weight excluding hydrogens is 318 g/mol. The summed E-state index contributed by atoms with van der Waals surface area (Å²) < 4.78 is 9.25. The third-order valence-corrected chi connectivity index (χ3v) is 4.63. The molecule has 2 aromatic heterocycles. The fourth-order valence-corrected chi connectivity index (χ4v) is 3.26. The first-order valence-corrected chi connectivity index (χ1v) is 8.55. The van der Waals surface area contributed by atoms with Gasteiger partial charge in [-0.1, -0.05) is 18.2 Å². The number of aromatic nitrogens is 4. The van der Waals surface area contributed by atoms with Crippen molar-refractivity contribution < 1.29 is 9.53 Å². The number of carbonyl (C=O) groups is 1. The van der Waals surface area contributed by atoms with Gasteiger partial charge in [0.15, 0.2) is 5.69 Å². The summed E-state index contributed by atoms with van der Waals surface area (Å²) in [5.74, 6) is 0.564. The van der Waals surface area contributed by atoms with Gasteiger partial charge < -0.3 is 10.1 Å². The second-order valence-electron chi connectivity index (χ2n) is 6.29. The van der Waals surface area contributed by atoms with Gasteiger partial charge in [-0.2, -0.15) is 10.2 Å². The second kappa shape index (κ2) is 6.23. The van der Waals surface area contributed by atoms with Gasteiger partial charge in [0.2, 0.25) is 5.88 Å². The maximum atomic E-state index is 12.3. The highest BCUT2D eigenvalue weighted by Gasteiger charge is 2.24. The molecule has 0 fully saturated rings. The molecule has 0 bridgehead atoms. The zero-order valence-corrected chi connectivity index (χ0v) is 14.5. The molecule has 0 saturated heterocycles. The van der Waals surface area contributed by atoms with E-state index in [1.54, 1.807) is 4.68 Å². The van der Waals surface area contributed by atoms with E-state index in [9.17, 15) is 4.79 Å². The summed E-state index contributed by atoms with van der Waals surface area (Å²) in [5, 5.41) is 13.1. The van der Waals surface area contributed by atoms with Gasteiger partial charge in [0.25, 0.3) is 5.91 Å². The molecule has 3 heterocycles. The summed E-state index contributed by atoms with van der Waals surface area (Å²) in [6.45, 7) is 6.62. The van der Waals surface area contributed by atoms with Crippen LogP contribution in [0.1, 0.15) is 28.2 Å². The molecule has 1 amide bonds. The standard InChI is InChI=1S/C18H21N5O2/c1-12-16(21-23-10-11-25-18(12)23)17(24)19-8-5-9-22-13(2)14-6-3-4-7-15(14)20-22/h3-4,6-7H,5,8-11H2,1-2H3,(H,19,24). The van der Waals surface area contributed by atoms with Crippen LogP contribution in [0, 0.1) is 13.8 Å². The number of hydrogen-bond acceptors (Lipinski definition) is 4. The van der Waals surface area contributed by atoms with Crippen LogP contribution in [0.2, 0.25) is 0 Å². The fourth-order valence-electron chi connectivity index (χ4n) is 3.26. The lowest BCUT2D eigenvalue weighted by molar-refractivity contribution is 0.0946. The summed E-state index contributed by atoms with van der Waals surface area (Å²) >= 11 is 0. The predicted molar refractivity (Wildman–Crippen MR) is 93.9 cm³/mol. The molecule has 25 heavy (non-hydrogen) atoms. The molecule has 0 spiro atoms. The normalized spacial score (nSPS) is 13.0. The summed E-state index contributed by atoms with van der Waals surface area (Å²) in [5.41, 5.74) is 3.42. The van der Waals surface area contributed by atoms with E-state index >= 15 is 0 Å². The molecule has 4 rings (SSSR count). The van der Waals surface area contributed by atoms with Gasteiger partial charge >= 0.3 is 0 Å². The van der Waals surface area contributed by atoms with Crippen molar-refractivity contribution in [1.29, 1.82) is 0 Å². The minimum Gasteiger partial charge on any atom is -0.476 e. The van der Waals surface area contributed by atoms with Crippen LogP contribution in [0.25, 0.3) is 10.9 Å². The Hall–Kier alpha value is -2.83. The van der Waals surface area contributed by atoms with Crippen molar-refractivity contribution in [3.05, 3.63) is 41.2 Å². The molecule has 7 nitrogen and oxygen atoms in total. The number of fused-ring (bicyclic) bond motifs is 2. The van der Waals surface area contributed by atoms with Crippen LogP contribution >= 0.6 is 0 Å². The number of rotatable bonds is 5. The average molecular weight is 339 g/mol. The molecule has 1 aromatic carbocycles. The number of nitrogens with one attached hydrogen (secondary N) is 1. The van der Waals surface area contributed by atoms with E-state index in [4.69, 9.17) is 4.74 Å². The second-order valence-corrected chi connectivity index (χ2v) is 6.29. The lowest BCUT2D eigenvalue weighted by atomic mass is 10.2. The zero-order chi connectivity index (χ0) is 17.4. The maximum absolute atomic E-state index is 12.3. The number of aryl methyl sites for hydroxylation is 2. The highest BCUT2D eigenvalue weighted by Crippen LogP contribution is 2.25. The van der Waals surface area contributed by atoms with Crippen LogP contribution in [0.4, 0.5) is 0 Å². The first-order chi connectivity index (χ1) is 12.1. The summed E-state index contributed by atoms with van der Waals surface area (Å²) in [6.07, 6.45) is 0.809. The molecule has 0 unspecified atom stereocenters.